The van der Waals surface area contributed by atoms with E-state index >= 15 is 0 Å². The van der Waals surface area contributed by atoms with Gasteiger partial charge >= 0.3 is 0 Å². The fraction of sp³-hybridized carbons (Fsp3) is 0. The predicted molar refractivity (Wildman–Crippen MR) is 134 cm³/mol. The van der Waals surface area contributed by atoms with Crippen molar-refractivity contribution in [3.8, 4) is 22.4 Å². The van der Waals surface area contributed by atoms with Gasteiger partial charge in [-0.2, -0.15) is 0 Å². The minimum atomic E-state index is 0.877. The van der Waals surface area contributed by atoms with E-state index in [1.165, 1.54) is 0 Å². The van der Waals surface area contributed by atoms with E-state index in [1.54, 1.807) is 0 Å². The summed E-state index contributed by atoms with van der Waals surface area (Å²) in [6, 6.07) is 33.4. The molecule has 3 aromatic carbocycles. The molecule has 33 heavy (non-hydrogen) atoms. The quantitative estimate of drug-likeness (QED) is 0.304. The average Bonchev–Trinajstić information content (AvgIpc) is 3.27. The molecular formula is C29H18N4. The Kier molecular flexibility index (Phi) is 3.81. The third kappa shape index (κ3) is 2.81. The third-order valence-electron chi connectivity index (χ3n) is 6.24. The molecule has 4 heteroatoms. The van der Waals surface area contributed by atoms with Gasteiger partial charge in [0, 0.05) is 39.7 Å². The molecule has 0 N–H and O–H groups in total. The van der Waals surface area contributed by atoms with E-state index in [9.17, 15) is 0 Å². The van der Waals surface area contributed by atoms with Crippen LogP contribution in [0.4, 0.5) is 0 Å². The molecule has 0 atom stereocenters. The lowest BCUT2D eigenvalue weighted by molar-refractivity contribution is 1.19. The Morgan fingerprint density at radius 3 is 2.27 bits per heavy atom. The largest absolute Gasteiger partial charge is 0.284 e. The highest BCUT2D eigenvalue weighted by atomic mass is 15.1. The second kappa shape index (κ2) is 6.97. The minimum Gasteiger partial charge on any atom is -0.284 e. The van der Waals surface area contributed by atoms with Crippen molar-refractivity contribution in [2.24, 2.45) is 0 Å². The molecule has 0 saturated carbocycles. The summed E-state index contributed by atoms with van der Waals surface area (Å²) >= 11 is 0. The Balaban J connectivity index is 1.41. The number of hydrogen-bond donors (Lipinski definition) is 0. The van der Waals surface area contributed by atoms with E-state index < -0.39 is 0 Å². The van der Waals surface area contributed by atoms with Crippen LogP contribution in [-0.2, 0) is 0 Å². The van der Waals surface area contributed by atoms with Crippen LogP contribution in [0.2, 0.25) is 0 Å². The number of para-hydroxylation sites is 1. The zero-order valence-electron chi connectivity index (χ0n) is 17.7. The smallest absolute Gasteiger partial charge is 0.165 e. The van der Waals surface area contributed by atoms with Gasteiger partial charge in [0.1, 0.15) is 11.2 Å². The first-order chi connectivity index (χ1) is 16.3. The lowest BCUT2D eigenvalue weighted by atomic mass is 10.00. The number of benzene rings is 3. The van der Waals surface area contributed by atoms with Crippen LogP contribution in [-0.4, -0.2) is 19.4 Å². The average molecular weight is 422 g/mol. The van der Waals surface area contributed by atoms with E-state index in [-0.39, 0.29) is 0 Å². The molecule has 0 fully saturated rings. The molecule has 7 rings (SSSR count). The Bertz CT molecular complexity index is 1810. The van der Waals surface area contributed by atoms with Crippen molar-refractivity contribution in [3.63, 3.8) is 0 Å². The number of aromatic nitrogens is 4. The lowest BCUT2D eigenvalue weighted by Gasteiger charge is -2.09. The minimum absolute atomic E-state index is 0.877. The van der Waals surface area contributed by atoms with Gasteiger partial charge in [-0.05, 0) is 29.8 Å². The summed E-state index contributed by atoms with van der Waals surface area (Å²) in [4.78, 5) is 14.6. The summed E-state index contributed by atoms with van der Waals surface area (Å²) < 4.78 is 2.06. The highest BCUT2D eigenvalue weighted by Gasteiger charge is 2.14. The van der Waals surface area contributed by atoms with Crippen LogP contribution in [0.1, 0.15) is 0 Å². The van der Waals surface area contributed by atoms with Crippen LogP contribution in [0.15, 0.2) is 109 Å². The number of rotatable bonds is 2. The zero-order chi connectivity index (χ0) is 21.8. The lowest BCUT2D eigenvalue weighted by Crippen LogP contribution is -1.92. The van der Waals surface area contributed by atoms with Gasteiger partial charge in [-0.1, -0.05) is 72.8 Å². The molecule has 0 aliphatic heterocycles. The highest BCUT2D eigenvalue weighted by Crippen LogP contribution is 2.33. The topological polar surface area (TPSA) is 43.1 Å². The zero-order valence-corrected chi connectivity index (χ0v) is 17.7. The molecule has 0 spiro atoms. The first kappa shape index (κ1) is 18.0. The van der Waals surface area contributed by atoms with Gasteiger partial charge in [0.15, 0.2) is 5.65 Å². The maximum atomic E-state index is 5.09. The molecule has 0 bridgehead atoms. The summed E-state index contributed by atoms with van der Waals surface area (Å²) in [6.45, 7) is 0. The Morgan fingerprint density at radius 2 is 1.36 bits per heavy atom. The molecule has 154 valence electrons. The predicted octanol–water partition coefficient (Wildman–Crippen LogP) is 6.92. The van der Waals surface area contributed by atoms with Crippen molar-refractivity contribution in [2.45, 2.75) is 0 Å². The molecule has 0 amide bonds. The highest BCUT2D eigenvalue weighted by molar-refractivity contribution is 6.09. The maximum Gasteiger partial charge on any atom is 0.165 e. The van der Waals surface area contributed by atoms with Crippen molar-refractivity contribution >= 4 is 38.5 Å². The Labute approximate surface area is 189 Å². The number of pyridine rings is 3. The second-order valence-electron chi connectivity index (χ2n) is 8.21. The maximum absolute atomic E-state index is 5.09. The molecule has 4 aromatic heterocycles. The summed E-state index contributed by atoms with van der Waals surface area (Å²) in [7, 11) is 0. The van der Waals surface area contributed by atoms with E-state index in [4.69, 9.17) is 9.97 Å². The van der Waals surface area contributed by atoms with Gasteiger partial charge in [0.25, 0.3) is 0 Å². The molecule has 0 aliphatic rings. The van der Waals surface area contributed by atoms with Crippen molar-refractivity contribution < 1.29 is 0 Å². The van der Waals surface area contributed by atoms with Crippen molar-refractivity contribution in [1.82, 2.24) is 19.4 Å². The Hall–Kier alpha value is -4.57. The number of nitrogens with zero attached hydrogens (tertiary/aromatic N) is 4. The summed E-state index contributed by atoms with van der Waals surface area (Å²) in [5.74, 6) is 0. The molecular weight excluding hydrogens is 404 g/mol. The summed E-state index contributed by atoms with van der Waals surface area (Å²) in [6.07, 6.45) is 3.96. The summed E-state index contributed by atoms with van der Waals surface area (Å²) in [5, 5.41) is 3.36. The van der Waals surface area contributed by atoms with Crippen molar-refractivity contribution in [1.29, 1.82) is 0 Å². The van der Waals surface area contributed by atoms with Crippen molar-refractivity contribution in [2.75, 3.05) is 0 Å². The fourth-order valence-electron chi connectivity index (χ4n) is 4.60. The van der Waals surface area contributed by atoms with Crippen LogP contribution >= 0.6 is 0 Å². The van der Waals surface area contributed by atoms with E-state index in [2.05, 4.69) is 70.0 Å². The standard InChI is InChI=1S/C29H18N4/c1-4-10-25-21(7-1)17-22(18-30-25)19-12-14-20(15-13-19)27-23-8-2-3-9-24(23)28-29(32-27)33-16-6-5-11-26(33)31-28/h1-18H. The van der Waals surface area contributed by atoms with Crippen LogP contribution in [0, 0.1) is 0 Å². The van der Waals surface area contributed by atoms with Crippen LogP contribution < -0.4 is 0 Å². The molecule has 0 saturated heterocycles. The normalized spacial score (nSPS) is 11.6. The van der Waals surface area contributed by atoms with Gasteiger partial charge in [-0.3, -0.25) is 9.38 Å². The third-order valence-corrected chi connectivity index (χ3v) is 6.24. The van der Waals surface area contributed by atoms with Crippen LogP contribution in [0.25, 0.3) is 60.9 Å². The first-order valence-corrected chi connectivity index (χ1v) is 11.0. The van der Waals surface area contributed by atoms with Crippen LogP contribution in [0.5, 0.6) is 0 Å². The van der Waals surface area contributed by atoms with Gasteiger partial charge in [-0.25, -0.2) is 9.97 Å². The van der Waals surface area contributed by atoms with Gasteiger partial charge in [0.05, 0.1) is 11.2 Å². The Morgan fingerprint density at radius 1 is 0.606 bits per heavy atom. The van der Waals surface area contributed by atoms with Crippen molar-refractivity contribution in [3.05, 3.63) is 109 Å². The first-order valence-electron chi connectivity index (χ1n) is 11.0. The molecule has 0 radical (unpaired) electrons. The SMILES string of the molecule is c1ccc2ncc(-c3ccc(-c4nc5c(nc6ccccn65)c5ccccc45)cc3)cc2c1. The number of imidazole rings is 1. The molecule has 4 nitrogen and oxygen atoms in total. The molecule has 0 aliphatic carbocycles. The van der Waals surface area contributed by atoms with E-state index in [0.29, 0.717) is 0 Å². The molecule has 0 unspecified atom stereocenters. The van der Waals surface area contributed by atoms with Crippen LogP contribution in [0.3, 0.4) is 0 Å². The molecule has 4 heterocycles. The molecule has 7 aromatic rings. The van der Waals surface area contributed by atoms with Gasteiger partial charge in [0.2, 0.25) is 0 Å². The van der Waals surface area contributed by atoms with E-state index in [0.717, 1.165) is 60.9 Å². The van der Waals surface area contributed by atoms with Gasteiger partial charge < -0.3 is 0 Å². The second-order valence-corrected chi connectivity index (χ2v) is 8.21. The van der Waals surface area contributed by atoms with Gasteiger partial charge in [-0.15, -0.1) is 0 Å². The number of fused-ring (bicyclic) bond motifs is 6. The summed E-state index contributed by atoms with van der Waals surface area (Å²) in [5.41, 5.74) is 8.01. The number of hydrogen-bond acceptors (Lipinski definition) is 3. The fourth-order valence-corrected chi connectivity index (χ4v) is 4.60. The van der Waals surface area contributed by atoms with E-state index in [1.807, 2.05) is 48.8 Å². The monoisotopic (exact) mass is 422 g/mol.